The molecule has 1 aromatic carbocycles. The largest absolute Gasteiger partial charge is 0.366 e. The average Bonchev–Trinajstić information content (AvgIpc) is 3.79. The molecule has 3 fully saturated rings. The fourth-order valence-electron chi connectivity index (χ4n) is 5.44. The van der Waals surface area contributed by atoms with Gasteiger partial charge in [-0.3, -0.25) is 4.79 Å². The number of anilines is 1. The number of amides is 1. The molecule has 15 heteroatoms. The molecule has 3 aromatic heterocycles. The minimum atomic E-state index is -3.95. The molecular formula is C26H28F2N8O3S2. The van der Waals surface area contributed by atoms with Gasteiger partial charge < -0.3 is 9.80 Å². The SMILES string of the molecule is C[C@@H]1CN(c2cc(S(=O)(=O)NC3(C)CC3)cc3c(-c4nnc(C(F)F)s4)nc4ccnn4c23)CCN1C(=O)C1CC1. The molecule has 0 unspecified atom stereocenters. The fourth-order valence-corrected chi connectivity index (χ4v) is 7.66. The minimum absolute atomic E-state index is 0.0328. The summed E-state index contributed by atoms with van der Waals surface area (Å²) in [5.74, 6) is 0.280. The molecule has 7 rings (SSSR count). The number of halogens is 2. The molecule has 0 bridgehead atoms. The van der Waals surface area contributed by atoms with Crippen LogP contribution in [0.2, 0.25) is 0 Å². The zero-order valence-electron chi connectivity index (χ0n) is 22.4. The second kappa shape index (κ2) is 9.36. The third kappa shape index (κ3) is 4.73. The molecule has 41 heavy (non-hydrogen) atoms. The molecule has 11 nitrogen and oxygen atoms in total. The van der Waals surface area contributed by atoms with Crippen molar-refractivity contribution in [2.45, 2.75) is 62.4 Å². The second-order valence-electron chi connectivity index (χ2n) is 11.4. The summed E-state index contributed by atoms with van der Waals surface area (Å²) in [6.45, 7) is 5.32. The summed E-state index contributed by atoms with van der Waals surface area (Å²) in [5.41, 5.74) is 1.39. The molecular weight excluding hydrogens is 574 g/mol. The molecule has 1 amide bonds. The molecule has 1 atom stereocenters. The van der Waals surface area contributed by atoms with Crippen molar-refractivity contribution >= 4 is 49.5 Å². The Balaban J connectivity index is 1.42. The Hall–Kier alpha value is -3.30. The van der Waals surface area contributed by atoms with Gasteiger partial charge in [0.05, 0.1) is 22.3 Å². The predicted molar refractivity (Wildman–Crippen MR) is 148 cm³/mol. The van der Waals surface area contributed by atoms with Gasteiger partial charge in [-0.2, -0.15) is 5.10 Å². The Kier molecular flexibility index (Phi) is 6.07. The highest BCUT2D eigenvalue weighted by Gasteiger charge is 2.42. The Morgan fingerprint density at radius 3 is 2.63 bits per heavy atom. The van der Waals surface area contributed by atoms with E-state index in [0.717, 1.165) is 37.0 Å². The topological polar surface area (TPSA) is 126 Å². The number of hydrogen-bond donors (Lipinski definition) is 1. The normalized spacial score (nSPS) is 20.9. The van der Waals surface area contributed by atoms with E-state index in [1.165, 1.54) is 6.07 Å². The first-order chi connectivity index (χ1) is 19.5. The van der Waals surface area contributed by atoms with Crippen LogP contribution in [0.25, 0.3) is 27.3 Å². The van der Waals surface area contributed by atoms with Crippen molar-refractivity contribution in [3.05, 3.63) is 29.4 Å². The summed E-state index contributed by atoms with van der Waals surface area (Å²) in [6.07, 6.45) is 2.11. The van der Waals surface area contributed by atoms with Crippen molar-refractivity contribution in [2.75, 3.05) is 24.5 Å². The van der Waals surface area contributed by atoms with Crippen LogP contribution in [0.15, 0.2) is 29.3 Å². The number of aromatic nitrogens is 5. The number of benzene rings is 1. The fraction of sp³-hybridized carbons (Fsp3) is 0.500. The van der Waals surface area contributed by atoms with Gasteiger partial charge in [0.15, 0.2) is 15.7 Å². The lowest BCUT2D eigenvalue weighted by atomic mass is 10.1. The zero-order chi connectivity index (χ0) is 28.7. The predicted octanol–water partition coefficient (Wildman–Crippen LogP) is 3.62. The van der Waals surface area contributed by atoms with Gasteiger partial charge >= 0.3 is 0 Å². The van der Waals surface area contributed by atoms with E-state index in [1.807, 2.05) is 18.7 Å². The third-order valence-electron chi connectivity index (χ3n) is 8.08. The Morgan fingerprint density at radius 2 is 1.98 bits per heavy atom. The van der Waals surface area contributed by atoms with E-state index < -0.39 is 27.0 Å². The number of carbonyl (C=O) groups excluding carboxylic acids is 1. The molecule has 4 heterocycles. The van der Waals surface area contributed by atoms with Gasteiger partial charge in [0.2, 0.25) is 15.9 Å². The molecule has 1 aliphatic heterocycles. The Morgan fingerprint density at radius 1 is 1.20 bits per heavy atom. The van der Waals surface area contributed by atoms with Crippen molar-refractivity contribution in [1.82, 2.24) is 34.4 Å². The van der Waals surface area contributed by atoms with Crippen LogP contribution >= 0.6 is 11.3 Å². The van der Waals surface area contributed by atoms with Gasteiger partial charge in [-0.1, -0.05) is 11.3 Å². The maximum absolute atomic E-state index is 13.7. The van der Waals surface area contributed by atoms with Gasteiger partial charge in [-0.05, 0) is 51.7 Å². The molecule has 2 saturated carbocycles. The van der Waals surface area contributed by atoms with Gasteiger partial charge in [0, 0.05) is 48.6 Å². The quantitative estimate of drug-likeness (QED) is 0.340. The number of sulfonamides is 1. The van der Waals surface area contributed by atoms with Crippen molar-refractivity contribution < 1.29 is 22.0 Å². The summed E-state index contributed by atoms with van der Waals surface area (Å²) in [5, 5.41) is 12.2. The van der Waals surface area contributed by atoms with Crippen LogP contribution < -0.4 is 9.62 Å². The number of fused-ring (bicyclic) bond motifs is 3. The monoisotopic (exact) mass is 602 g/mol. The van der Waals surface area contributed by atoms with Crippen LogP contribution in [-0.2, 0) is 14.8 Å². The number of piperazine rings is 1. The summed E-state index contributed by atoms with van der Waals surface area (Å²) < 4.78 is 58.6. The highest BCUT2D eigenvalue weighted by Crippen LogP contribution is 2.41. The number of alkyl halides is 2. The first kappa shape index (κ1) is 26.6. The minimum Gasteiger partial charge on any atom is -0.366 e. The maximum atomic E-state index is 13.7. The lowest BCUT2D eigenvalue weighted by Gasteiger charge is -2.41. The summed E-state index contributed by atoms with van der Waals surface area (Å²) in [4.78, 5) is 21.5. The summed E-state index contributed by atoms with van der Waals surface area (Å²) in [6, 6.07) is 4.74. The van der Waals surface area contributed by atoms with Crippen LogP contribution in [-0.4, -0.2) is 75.2 Å². The van der Waals surface area contributed by atoms with E-state index in [0.29, 0.717) is 41.9 Å². The second-order valence-corrected chi connectivity index (χ2v) is 14.1. The van der Waals surface area contributed by atoms with Gasteiger partial charge in [-0.25, -0.2) is 31.4 Å². The Bertz CT molecular complexity index is 1800. The van der Waals surface area contributed by atoms with Crippen LogP contribution in [0.3, 0.4) is 0 Å². The van der Waals surface area contributed by atoms with E-state index >= 15 is 0 Å². The van der Waals surface area contributed by atoms with Crippen LogP contribution in [0.4, 0.5) is 14.5 Å². The highest BCUT2D eigenvalue weighted by molar-refractivity contribution is 7.89. The van der Waals surface area contributed by atoms with Crippen molar-refractivity contribution in [3.63, 3.8) is 0 Å². The molecule has 3 aliphatic rings. The average molecular weight is 603 g/mol. The van der Waals surface area contributed by atoms with Crippen molar-refractivity contribution in [3.8, 4) is 10.7 Å². The van der Waals surface area contributed by atoms with E-state index in [1.54, 1.807) is 22.8 Å². The number of nitrogens with zero attached hydrogens (tertiary/aromatic N) is 7. The summed E-state index contributed by atoms with van der Waals surface area (Å²) in [7, 11) is -3.95. The maximum Gasteiger partial charge on any atom is 0.291 e. The van der Waals surface area contributed by atoms with Gasteiger partial charge in [0.1, 0.15) is 5.69 Å². The zero-order valence-corrected chi connectivity index (χ0v) is 24.1. The molecule has 4 aromatic rings. The first-order valence-electron chi connectivity index (χ1n) is 13.6. The number of nitrogens with one attached hydrogen (secondary N) is 1. The smallest absolute Gasteiger partial charge is 0.291 e. The standard InChI is InChI=1S/C26H28F2N8O3S2/c1-14-13-34(9-10-35(14)25(37)15-3-4-15)18-12-16(41(38,39)33-26(2)6-7-26)11-17-20(23-31-32-24(40-23)22(27)28)30-19-5-8-29-36(19)21(17)18/h5,8,11-12,14-15,22,33H,3-4,6-7,9-10,13H2,1-2H3/t14-/m1/s1. The van der Waals surface area contributed by atoms with E-state index in [-0.39, 0.29) is 33.5 Å². The van der Waals surface area contributed by atoms with E-state index in [9.17, 15) is 22.0 Å². The highest BCUT2D eigenvalue weighted by atomic mass is 32.2. The summed E-state index contributed by atoms with van der Waals surface area (Å²) >= 11 is 0.720. The van der Waals surface area contributed by atoms with Crippen molar-refractivity contribution in [2.24, 2.45) is 5.92 Å². The molecule has 0 spiro atoms. The lowest BCUT2D eigenvalue weighted by Crippen LogP contribution is -2.54. The van der Waals surface area contributed by atoms with Crippen LogP contribution in [0, 0.1) is 5.92 Å². The number of carbonyl (C=O) groups is 1. The molecule has 1 saturated heterocycles. The van der Waals surface area contributed by atoms with Crippen LogP contribution in [0.1, 0.15) is 51.0 Å². The van der Waals surface area contributed by atoms with Crippen LogP contribution in [0.5, 0.6) is 0 Å². The van der Waals surface area contributed by atoms with Gasteiger partial charge in [0.25, 0.3) is 6.43 Å². The van der Waals surface area contributed by atoms with E-state index in [4.69, 9.17) is 0 Å². The Labute approximate surface area is 238 Å². The number of hydrogen-bond acceptors (Lipinski definition) is 9. The van der Waals surface area contributed by atoms with E-state index in [2.05, 4.69) is 29.9 Å². The molecule has 2 aliphatic carbocycles. The van der Waals surface area contributed by atoms with Gasteiger partial charge in [-0.15, -0.1) is 10.2 Å². The van der Waals surface area contributed by atoms with Crippen molar-refractivity contribution in [1.29, 1.82) is 0 Å². The third-order valence-corrected chi connectivity index (χ3v) is 10.6. The molecule has 216 valence electrons. The molecule has 1 N–H and O–H groups in total. The first-order valence-corrected chi connectivity index (χ1v) is 15.9. The lowest BCUT2D eigenvalue weighted by molar-refractivity contribution is -0.134. The molecule has 0 radical (unpaired) electrons. The number of rotatable bonds is 7.